The molecule has 0 bridgehead atoms. The maximum Gasteiger partial charge on any atom is 0.145 e. The van der Waals surface area contributed by atoms with Crippen molar-refractivity contribution in [3.8, 4) is 0 Å². The summed E-state index contributed by atoms with van der Waals surface area (Å²) in [5.41, 5.74) is 6.49. The number of hydrogen-bond acceptors (Lipinski definition) is 2. The third-order valence-corrected chi connectivity index (χ3v) is 4.25. The molecule has 0 aliphatic rings. The van der Waals surface area contributed by atoms with Gasteiger partial charge in [-0.15, -0.1) is 11.8 Å². The summed E-state index contributed by atoms with van der Waals surface area (Å²) in [6, 6.07) is 11.0. The van der Waals surface area contributed by atoms with Crippen LogP contribution in [0.15, 0.2) is 47.4 Å². The van der Waals surface area contributed by atoms with Crippen LogP contribution in [0, 0.1) is 11.6 Å². The molecular weight excluding hydrogens is 300 g/mol. The molecule has 0 saturated heterocycles. The molecule has 2 N–H and O–H groups in total. The molecule has 2 rings (SSSR count). The number of nitrogens with two attached hydrogens (primary N) is 1. The van der Waals surface area contributed by atoms with Gasteiger partial charge in [-0.05, 0) is 36.2 Å². The summed E-state index contributed by atoms with van der Waals surface area (Å²) >= 11 is 7.18. The zero-order valence-corrected chi connectivity index (χ0v) is 12.2. The minimum absolute atomic E-state index is 0.104. The Kier molecular flexibility index (Phi) is 5.40. The molecular formula is C15H14ClF2NS. The number of thioether (sulfide) groups is 1. The minimum atomic E-state index is -0.416. The van der Waals surface area contributed by atoms with Crippen molar-refractivity contribution in [2.45, 2.75) is 17.4 Å². The van der Waals surface area contributed by atoms with Gasteiger partial charge in [-0.25, -0.2) is 8.78 Å². The zero-order chi connectivity index (χ0) is 14.5. The van der Waals surface area contributed by atoms with Crippen LogP contribution in [-0.2, 0) is 6.42 Å². The summed E-state index contributed by atoms with van der Waals surface area (Å²) in [6.45, 7) is 0. The lowest BCUT2D eigenvalue weighted by molar-refractivity contribution is 0.598. The normalized spacial score (nSPS) is 12.4. The van der Waals surface area contributed by atoms with Gasteiger partial charge in [0.05, 0.1) is 5.02 Å². The summed E-state index contributed by atoms with van der Waals surface area (Å²) in [6.07, 6.45) is 0.398. The molecule has 0 spiro atoms. The molecule has 0 fully saturated rings. The van der Waals surface area contributed by atoms with Crippen LogP contribution < -0.4 is 5.73 Å². The molecule has 2 aromatic rings. The van der Waals surface area contributed by atoms with Gasteiger partial charge in [0.15, 0.2) is 0 Å². The summed E-state index contributed by atoms with van der Waals surface area (Å²) in [5, 5.41) is 0.104. The van der Waals surface area contributed by atoms with Gasteiger partial charge in [0.25, 0.3) is 0 Å². The van der Waals surface area contributed by atoms with E-state index < -0.39 is 5.82 Å². The first-order valence-corrected chi connectivity index (χ1v) is 7.49. The summed E-state index contributed by atoms with van der Waals surface area (Å²) < 4.78 is 26.8. The van der Waals surface area contributed by atoms with E-state index >= 15 is 0 Å². The van der Waals surface area contributed by atoms with E-state index in [1.54, 1.807) is 18.2 Å². The highest BCUT2D eigenvalue weighted by atomic mass is 35.5. The SMILES string of the molecule is NC(CSc1cccc(F)c1)Cc1cccc(Cl)c1F. The highest BCUT2D eigenvalue weighted by molar-refractivity contribution is 7.99. The maximum absolute atomic E-state index is 13.7. The van der Waals surface area contributed by atoms with Gasteiger partial charge < -0.3 is 5.73 Å². The van der Waals surface area contributed by atoms with E-state index in [0.717, 1.165) is 4.90 Å². The Hall–Kier alpha value is -1.10. The summed E-state index contributed by atoms with van der Waals surface area (Å²) in [5.74, 6) is -0.111. The monoisotopic (exact) mass is 313 g/mol. The van der Waals surface area contributed by atoms with E-state index in [-0.39, 0.29) is 16.9 Å². The van der Waals surface area contributed by atoms with Crippen molar-refractivity contribution in [2.24, 2.45) is 5.73 Å². The van der Waals surface area contributed by atoms with Crippen molar-refractivity contribution < 1.29 is 8.78 Å². The molecule has 1 nitrogen and oxygen atoms in total. The standard InChI is InChI=1S/C15H14ClF2NS/c16-14-6-1-3-10(15(14)18)7-12(19)9-20-13-5-2-4-11(17)8-13/h1-6,8,12H,7,9,19H2. The van der Waals surface area contributed by atoms with Crippen LogP contribution in [0.5, 0.6) is 0 Å². The second-order valence-electron chi connectivity index (χ2n) is 4.45. The molecule has 0 aromatic heterocycles. The Bertz CT molecular complexity index is 592. The number of halogens is 3. The van der Waals surface area contributed by atoms with Crippen LogP contribution >= 0.6 is 23.4 Å². The van der Waals surface area contributed by atoms with E-state index in [1.165, 1.54) is 30.0 Å². The third-order valence-electron chi connectivity index (χ3n) is 2.77. The van der Waals surface area contributed by atoms with Crippen molar-refractivity contribution in [3.63, 3.8) is 0 Å². The highest BCUT2D eigenvalue weighted by Gasteiger charge is 2.11. The number of hydrogen-bond donors (Lipinski definition) is 1. The van der Waals surface area contributed by atoms with E-state index in [1.807, 2.05) is 6.07 Å². The molecule has 0 aliphatic carbocycles. The van der Waals surface area contributed by atoms with E-state index in [9.17, 15) is 8.78 Å². The lowest BCUT2D eigenvalue weighted by Crippen LogP contribution is -2.26. The summed E-state index contributed by atoms with van der Waals surface area (Å²) in [4.78, 5) is 0.812. The van der Waals surface area contributed by atoms with Crippen LogP contribution in [0.3, 0.4) is 0 Å². The molecule has 0 heterocycles. The predicted octanol–water partition coefficient (Wildman–Crippen LogP) is 4.28. The Balaban J connectivity index is 1.92. The topological polar surface area (TPSA) is 26.0 Å². The lowest BCUT2D eigenvalue weighted by atomic mass is 10.1. The largest absolute Gasteiger partial charge is 0.327 e. The molecule has 2 aromatic carbocycles. The fraction of sp³-hybridized carbons (Fsp3) is 0.200. The van der Waals surface area contributed by atoms with Crippen LogP contribution in [0.4, 0.5) is 8.78 Å². The van der Waals surface area contributed by atoms with Crippen molar-refractivity contribution in [1.29, 1.82) is 0 Å². The second-order valence-corrected chi connectivity index (χ2v) is 5.95. The molecule has 1 unspecified atom stereocenters. The number of benzene rings is 2. The smallest absolute Gasteiger partial charge is 0.145 e. The molecule has 5 heteroatoms. The zero-order valence-electron chi connectivity index (χ0n) is 10.7. The molecule has 0 saturated carbocycles. The van der Waals surface area contributed by atoms with Crippen LogP contribution in [0.1, 0.15) is 5.56 Å². The first-order chi connectivity index (χ1) is 9.56. The molecule has 0 radical (unpaired) electrons. The average molecular weight is 314 g/mol. The fourth-order valence-electron chi connectivity index (χ4n) is 1.81. The average Bonchev–Trinajstić information content (AvgIpc) is 2.42. The van der Waals surface area contributed by atoms with Crippen molar-refractivity contribution >= 4 is 23.4 Å². The number of rotatable bonds is 5. The van der Waals surface area contributed by atoms with Crippen molar-refractivity contribution in [2.75, 3.05) is 5.75 Å². The van der Waals surface area contributed by atoms with Gasteiger partial charge in [-0.1, -0.05) is 29.8 Å². The van der Waals surface area contributed by atoms with Gasteiger partial charge in [0.2, 0.25) is 0 Å². The van der Waals surface area contributed by atoms with E-state index in [4.69, 9.17) is 17.3 Å². The van der Waals surface area contributed by atoms with Crippen LogP contribution in [0.2, 0.25) is 5.02 Å². The van der Waals surface area contributed by atoms with Crippen LogP contribution in [-0.4, -0.2) is 11.8 Å². The molecule has 106 valence electrons. The van der Waals surface area contributed by atoms with E-state index in [2.05, 4.69) is 0 Å². The third kappa shape index (κ3) is 4.20. The Morgan fingerprint density at radius 1 is 1.15 bits per heavy atom. The van der Waals surface area contributed by atoms with Gasteiger partial charge in [0.1, 0.15) is 11.6 Å². The first kappa shape index (κ1) is 15.3. The Morgan fingerprint density at radius 3 is 2.65 bits per heavy atom. The second kappa shape index (κ2) is 7.07. The summed E-state index contributed by atoms with van der Waals surface area (Å²) in [7, 11) is 0. The van der Waals surface area contributed by atoms with Crippen LogP contribution in [0.25, 0.3) is 0 Å². The van der Waals surface area contributed by atoms with Crippen molar-refractivity contribution in [3.05, 3.63) is 64.7 Å². The minimum Gasteiger partial charge on any atom is -0.327 e. The Labute approximate surface area is 126 Å². The van der Waals surface area contributed by atoms with Gasteiger partial charge in [-0.3, -0.25) is 0 Å². The quantitative estimate of drug-likeness (QED) is 0.834. The van der Waals surface area contributed by atoms with Gasteiger partial charge in [0, 0.05) is 16.7 Å². The highest BCUT2D eigenvalue weighted by Crippen LogP contribution is 2.22. The first-order valence-electron chi connectivity index (χ1n) is 6.13. The maximum atomic E-state index is 13.7. The van der Waals surface area contributed by atoms with Gasteiger partial charge in [-0.2, -0.15) is 0 Å². The van der Waals surface area contributed by atoms with E-state index in [0.29, 0.717) is 17.7 Å². The molecule has 0 aliphatic heterocycles. The fourth-order valence-corrected chi connectivity index (χ4v) is 2.90. The predicted molar refractivity (Wildman–Crippen MR) is 80.2 cm³/mol. The molecule has 20 heavy (non-hydrogen) atoms. The van der Waals surface area contributed by atoms with Gasteiger partial charge >= 0.3 is 0 Å². The van der Waals surface area contributed by atoms with Crippen molar-refractivity contribution in [1.82, 2.24) is 0 Å². The lowest BCUT2D eigenvalue weighted by Gasteiger charge is -2.12. The molecule has 1 atom stereocenters. The Morgan fingerprint density at radius 2 is 1.90 bits per heavy atom. The molecule has 0 amide bonds.